The summed E-state index contributed by atoms with van der Waals surface area (Å²) in [6.07, 6.45) is 0.876. The number of para-hydroxylation sites is 1. The lowest BCUT2D eigenvalue weighted by atomic mass is 10.1. The summed E-state index contributed by atoms with van der Waals surface area (Å²) < 4.78 is 0. The molecule has 6 heteroatoms. The summed E-state index contributed by atoms with van der Waals surface area (Å²) in [5, 5.41) is 4.62. The monoisotopic (exact) mass is 324 g/mol. The van der Waals surface area contributed by atoms with Gasteiger partial charge in [0, 0.05) is 11.7 Å². The second-order valence-electron chi connectivity index (χ2n) is 5.66. The van der Waals surface area contributed by atoms with Crippen LogP contribution in [0.15, 0.2) is 65.7 Å². The predicted molar refractivity (Wildman–Crippen MR) is 93.4 cm³/mol. The van der Waals surface area contributed by atoms with Gasteiger partial charge < -0.3 is 10.2 Å². The number of nitrogens with zero attached hydrogens (tertiary/aromatic N) is 2. The minimum absolute atomic E-state index is 0.206. The molecule has 0 bridgehead atoms. The molecule has 2 aromatic rings. The van der Waals surface area contributed by atoms with Gasteiger partial charge in [0.2, 0.25) is 5.90 Å². The standard InChI is InChI=1S/C18H20N4O2/c1-14(12-15-8-4-2-5-9-15)22-13-17(24-21-22)20-18(23)19-16-10-6-3-7-11-16/h2-11,14,21H,12-13H2,1H3,(H,19,23). The lowest BCUT2D eigenvalue weighted by Gasteiger charge is -2.20. The van der Waals surface area contributed by atoms with Crippen molar-refractivity contribution in [3.63, 3.8) is 0 Å². The number of carbonyl (C=O) groups is 1. The number of urea groups is 1. The van der Waals surface area contributed by atoms with Crippen LogP contribution >= 0.6 is 0 Å². The zero-order chi connectivity index (χ0) is 16.8. The Balaban J connectivity index is 1.53. The van der Waals surface area contributed by atoms with Crippen molar-refractivity contribution < 1.29 is 9.63 Å². The van der Waals surface area contributed by atoms with Crippen LogP contribution in [0, 0.1) is 0 Å². The second kappa shape index (κ2) is 7.72. The molecular formula is C18H20N4O2. The molecule has 1 unspecified atom stereocenters. The topological polar surface area (TPSA) is 66.0 Å². The van der Waals surface area contributed by atoms with Crippen LogP contribution in [0.25, 0.3) is 0 Å². The number of hydrogen-bond donors (Lipinski definition) is 2. The van der Waals surface area contributed by atoms with Crippen LogP contribution in [-0.4, -0.2) is 29.5 Å². The molecule has 24 heavy (non-hydrogen) atoms. The van der Waals surface area contributed by atoms with Crippen molar-refractivity contribution >= 4 is 17.6 Å². The van der Waals surface area contributed by atoms with Gasteiger partial charge in [0.25, 0.3) is 0 Å². The van der Waals surface area contributed by atoms with E-state index in [2.05, 4.69) is 35.0 Å². The van der Waals surface area contributed by atoms with Crippen molar-refractivity contribution in [2.24, 2.45) is 4.99 Å². The molecule has 2 aromatic carbocycles. The van der Waals surface area contributed by atoms with Gasteiger partial charge in [0.1, 0.15) is 0 Å². The highest BCUT2D eigenvalue weighted by molar-refractivity contribution is 5.98. The van der Waals surface area contributed by atoms with Gasteiger partial charge in [-0.05, 0) is 31.0 Å². The molecule has 1 fully saturated rings. The number of aliphatic imine (C=N–C) groups is 1. The fraction of sp³-hybridized carbons (Fsp3) is 0.222. The Bertz CT molecular complexity index is 703. The number of hydrogen-bond acceptors (Lipinski definition) is 4. The third-order valence-electron chi connectivity index (χ3n) is 3.74. The Kier molecular flexibility index (Phi) is 5.20. The van der Waals surface area contributed by atoms with Crippen LogP contribution in [0.5, 0.6) is 0 Å². The molecule has 1 saturated heterocycles. The highest BCUT2D eigenvalue weighted by Gasteiger charge is 2.25. The van der Waals surface area contributed by atoms with Crippen molar-refractivity contribution in [2.75, 3.05) is 11.9 Å². The van der Waals surface area contributed by atoms with Crippen molar-refractivity contribution in [3.8, 4) is 0 Å². The van der Waals surface area contributed by atoms with E-state index in [1.54, 1.807) is 12.1 Å². The van der Waals surface area contributed by atoms with E-state index in [-0.39, 0.29) is 6.04 Å². The molecule has 2 N–H and O–H groups in total. The van der Waals surface area contributed by atoms with Gasteiger partial charge in [-0.15, -0.1) is 0 Å². The van der Waals surface area contributed by atoms with E-state index >= 15 is 0 Å². The number of benzene rings is 2. The third-order valence-corrected chi connectivity index (χ3v) is 3.74. The lowest BCUT2D eigenvalue weighted by Crippen LogP contribution is -2.39. The maximum Gasteiger partial charge on any atom is 0.348 e. The summed E-state index contributed by atoms with van der Waals surface area (Å²) in [5.74, 6) is 0.350. The Hall–Kier alpha value is -2.70. The predicted octanol–water partition coefficient (Wildman–Crippen LogP) is 3.00. The summed E-state index contributed by atoms with van der Waals surface area (Å²) in [7, 11) is 0. The molecule has 0 spiro atoms. The van der Waals surface area contributed by atoms with E-state index in [1.807, 2.05) is 41.4 Å². The van der Waals surface area contributed by atoms with Gasteiger partial charge in [-0.25, -0.2) is 4.79 Å². The Morgan fingerprint density at radius 1 is 1.21 bits per heavy atom. The Morgan fingerprint density at radius 3 is 2.58 bits per heavy atom. The first-order valence-corrected chi connectivity index (χ1v) is 7.87. The van der Waals surface area contributed by atoms with Crippen LogP contribution < -0.4 is 10.9 Å². The molecular weight excluding hydrogens is 304 g/mol. The first-order valence-electron chi connectivity index (χ1n) is 7.87. The molecule has 1 aliphatic rings. The van der Waals surface area contributed by atoms with E-state index in [1.165, 1.54) is 5.56 Å². The average molecular weight is 324 g/mol. The number of nitrogens with one attached hydrogen (secondary N) is 2. The van der Waals surface area contributed by atoms with Gasteiger partial charge in [0.15, 0.2) is 0 Å². The summed E-state index contributed by atoms with van der Waals surface area (Å²) in [6.45, 7) is 2.53. The van der Waals surface area contributed by atoms with Crippen LogP contribution in [-0.2, 0) is 11.3 Å². The normalized spacial score (nSPS) is 17.5. The molecule has 0 saturated carbocycles. The van der Waals surface area contributed by atoms with E-state index in [0.29, 0.717) is 18.1 Å². The second-order valence-corrected chi connectivity index (χ2v) is 5.66. The zero-order valence-corrected chi connectivity index (χ0v) is 13.5. The van der Waals surface area contributed by atoms with Crippen LogP contribution in [0.1, 0.15) is 12.5 Å². The number of carbonyl (C=O) groups excluding carboxylic acids is 1. The minimum atomic E-state index is -0.449. The lowest BCUT2D eigenvalue weighted by molar-refractivity contribution is 0.0281. The third kappa shape index (κ3) is 4.41. The Labute approximate surface area is 141 Å². The van der Waals surface area contributed by atoms with Crippen molar-refractivity contribution in [2.45, 2.75) is 19.4 Å². The highest BCUT2D eigenvalue weighted by Crippen LogP contribution is 2.11. The molecule has 3 rings (SSSR count). The fourth-order valence-electron chi connectivity index (χ4n) is 2.48. The maximum absolute atomic E-state index is 11.9. The largest absolute Gasteiger partial charge is 0.376 e. The first-order chi connectivity index (χ1) is 11.7. The average Bonchev–Trinajstić information content (AvgIpc) is 3.05. The van der Waals surface area contributed by atoms with Crippen LogP contribution in [0.3, 0.4) is 0 Å². The molecule has 1 heterocycles. The van der Waals surface area contributed by atoms with Crippen molar-refractivity contribution in [1.82, 2.24) is 10.6 Å². The van der Waals surface area contributed by atoms with Crippen molar-refractivity contribution in [3.05, 3.63) is 66.2 Å². The number of rotatable bonds is 4. The molecule has 6 nitrogen and oxygen atoms in total. The highest BCUT2D eigenvalue weighted by atomic mass is 16.7. The van der Waals surface area contributed by atoms with Crippen LogP contribution in [0.2, 0.25) is 0 Å². The molecule has 2 amide bonds. The minimum Gasteiger partial charge on any atom is -0.376 e. The van der Waals surface area contributed by atoms with E-state index < -0.39 is 6.03 Å². The van der Waals surface area contributed by atoms with Gasteiger partial charge in [-0.3, -0.25) is 0 Å². The summed E-state index contributed by atoms with van der Waals surface area (Å²) >= 11 is 0. The molecule has 0 radical (unpaired) electrons. The summed E-state index contributed by atoms with van der Waals surface area (Å²) in [5.41, 5.74) is 4.77. The van der Waals surface area contributed by atoms with Gasteiger partial charge in [0.05, 0.1) is 6.54 Å². The Morgan fingerprint density at radius 2 is 1.88 bits per heavy atom. The first kappa shape index (κ1) is 16.2. The molecule has 0 aliphatic carbocycles. The molecule has 1 atom stereocenters. The van der Waals surface area contributed by atoms with Gasteiger partial charge in [-0.1, -0.05) is 54.1 Å². The van der Waals surface area contributed by atoms with Crippen LogP contribution in [0.4, 0.5) is 10.5 Å². The van der Waals surface area contributed by atoms with E-state index in [4.69, 9.17) is 4.84 Å². The van der Waals surface area contributed by atoms with Gasteiger partial charge >= 0.3 is 6.03 Å². The number of anilines is 1. The molecule has 1 aliphatic heterocycles. The van der Waals surface area contributed by atoms with Crippen molar-refractivity contribution in [1.29, 1.82) is 0 Å². The van der Waals surface area contributed by atoms with Gasteiger partial charge in [-0.2, -0.15) is 10.0 Å². The van der Waals surface area contributed by atoms with E-state index in [9.17, 15) is 4.79 Å². The molecule has 124 valence electrons. The smallest absolute Gasteiger partial charge is 0.348 e. The summed E-state index contributed by atoms with van der Waals surface area (Å²) in [6, 6.07) is 19.2. The van der Waals surface area contributed by atoms with E-state index in [0.717, 1.165) is 6.42 Å². The SMILES string of the molecule is CC(Cc1ccccc1)N1CC(=NC(=O)Nc2ccccc2)ON1. The quantitative estimate of drug-likeness (QED) is 0.907. The number of hydrazine groups is 1. The zero-order valence-electron chi connectivity index (χ0n) is 13.5. The summed E-state index contributed by atoms with van der Waals surface area (Å²) in [4.78, 5) is 21.2. The fourth-order valence-corrected chi connectivity index (χ4v) is 2.48. The number of amides is 2. The molecule has 0 aromatic heterocycles. The maximum atomic E-state index is 11.9.